The van der Waals surface area contributed by atoms with E-state index in [1.54, 1.807) is 29.9 Å². The molecule has 0 amide bonds. The van der Waals surface area contributed by atoms with E-state index >= 15 is 0 Å². The van der Waals surface area contributed by atoms with Gasteiger partial charge < -0.3 is 10.0 Å². The van der Waals surface area contributed by atoms with Crippen LogP contribution in [0, 0.1) is 0 Å². The molecule has 1 N–H and O–H groups in total. The molecule has 158 valence electrons. The number of pyridine rings is 1. The van der Waals surface area contributed by atoms with Crippen LogP contribution in [-0.4, -0.2) is 38.9 Å². The largest absolute Gasteiger partial charge is 0.478 e. The lowest BCUT2D eigenvalue weighted by molar-refractivity contribution is -0.137. The van der Waals surface area contributed by atoms with Crippen molar-refractivity contribution < 1.29 is 23.1 Å². The Hall–Kier alpha value is -2.81. The number of aromatic carboxylic acids is 1. The van der Waals surface area contributed by atoms with Gasteiger partial charge in [-0.1, -0.05) is 17.7 Å². The van der Waals surface area contributed by atoms with Gasteiger partial charge in [0.1, 0.15) is 5.82 Å². The summed E-state index contributed by atoms with van der Waals surface area (Å²) in [6.07, 6.45) is -2.22. The number of hydrogen-bond donors (Lipinski definition) is 1. The number of aryl methyl sites for hydroxylation is 1. The molecule has 0 saturated carbocycles. The van der Waals surface area contributed by atoms with Crippen molar-refractivity contribution in [1.29, 1.82) is 0 Å². The van der Waals surface area contributed by atoms with Gasteiger partial charge in [0, 0.05) is 37.6 Å². The minimum Gasteiger partial charge on any atom is -0.478 e. The Bertz CT molecular complexity index is 1120. The lowest BCUT2D eigenvalue weighted by atomic mass is 9.91. The van der Waals surface area contributed by atoms with Gasteiger partial charge in [0.2, 0.25) is 0 Å². The molecule has 1 aromatic carbocycles. The first kappa shape index (κ1) is 20.5. The molecule has 6 nitrogen and oxygen atoms in total. The van der Waals surface area contributed by atoms with Gasteiger partial charge in [-0.3, -0.25) is 4.68 Å². The predicted octanol–water partition coefficient (Wildman–Crippen LogP) is 4.72. The number of rotatable bonds is 3. The summed E-state index contributed by atoms with van der Waals surface area (Å²) in [6.45, 7) is 1.15. The van der Waals surface area contributed by atoms with Gasteiger partial charge in [0.05, 0.1) is 27.4 Å². The first-order valence-corrected chi connectivity index (χ1v) is 9.70. The molecule has 0 aliphatic carbocycles. The number of aromatic nitrogens is 3. The summed E-state index contributed by atoms with van der Waals surface area (Å²) in [5, 5.41) is 14.7. The van der Waals surface area contributed by atoms with Gasteiger partial charge in [-0.2, -0.15) is 18.3 Å². The van der Waals surface area contributed by atoms with Crippen LogP contribution >= 0.6 is 11.6 Å². The number of piperidine rings is 1. The molecule has 0 atom stereocenters. The van der Waals surface area contributed by atoms with Crippen LogP contribution in [0.3, 0.4) is 0 Å². The van der Waals surface area contributed by atoms with E-state index in [9.17, 15) is 23.1 Å². The van der Waals surface area contributed by atoms with Crippen molar-refractivity contribution in [2.24, 2.45) is 7.05 Å². The fraction of sp³-hybridized carbons (Fsp3) is 0.350. The van der Waals surface area contributed by atoms with Gasteiger partial charge in [-0.25, -0.2) is 9.78 Å². The van der Waals surface area contributed by atoms with Gasteiger partial charge in [0.15, 0.2) is 0 Å². The fourth-order valence-electron chi connectivity index (χ4n) is 3.90. The van der Waals surface area contributed by atoms with E-state index in [4.69, 9.17) is 11.6 Å². The van der Waals surface area contributed by atoms with E-state index in [-0.39, 0.29) is 16.5 Å². The van der Waals surface area contributed by atoms with E-state index in [0.29, 0.717) is 18.9 Å². The highest BCUT2D eigenvalue weighted by Gasteiger charge is 2.33. The molecule has 10 heteroatoms. The van der Waals surface area contributed by atoms with Crippen LogP contribution in [0.1, 0.15) is 40.4 Å². The zero-order valence-electron chi connectivity index (χ0n) is 15.9. The number of anilines is 1. The van der Waals surface area contributed by atoms with Gasteiger partial charge in [-0.15, -0.1) is 0 Å². The molecule has 0 spiro atoms. The Labute approximate surface area is 174 Å². The van der Waals surface area contributed by atoms with Crippen LogP contribution in [0.5, 0.6) is 0 Å². The smallest absolute Gasteiger partial charge is 0.417 e. The Balaban J connectivity index is 1.53. The Morgan fingerprint density at radius 3 is 2.53 bits per heavy atom. The maximum atomic E-state index is 12.8. The summed E-state index contributed by atoms with van der Waals surface area (Å²) >= 11 is 6.08. The SMILES string of the molecule is Cn1nc(C2CCN(c3ncc(C(F)(F)F)cc3Cl)CC2)c2ccc(C(=O)O)cc21. The van der Waals surface area contributed by atoms with Crippen LogP contribution in [0.2, 0.25) is 5.02 Å². The minimum atomic E-state index is -4.48. The third kappa shape index (κ3) is 3.69. The van der Waals surface area contributed by atoms with E-state index in [1.165, 1.54) is 0 Å². The summed E-state index contributed by atoms with van der Waals surface area (Å²) in [4.78, 5) is 17.1. The van der Waals surface area contributed by atoms with E-state index in [2.05, 4.69) is 10.1 Å². The van der Waals surface area contributed by atoms with Crippen molar-refractivity contribution in [3.05, 3.63) is 52.3 Å². The molecule has 1 saturated heterocycles. The second-order valence-corrected chi connectivity index (χ2v) is 7.74. The summed E-state index contributed by atoms with van der Waals surface area (Å²) in [5.41, 5.74) is 0.983. The first-order valence-electron chi connectivity index (χ1n) is 9.33. The van der Waals surface area contributed by atoms with Crippen molar-refractivity contribution in [1.82, 2.24) is 14.8 Å². The first-order chi connectivity index (χ1) is 14.1. The molecular formula is C20H18ClF3N4O2. The monoisotopic (exact) mass is 438 g/mol. The average Bonchev–Trinajstić information content (AvgIpc) is 3.03. The Kier molecular flexibility index (Phi) is 5.09. The van der Waals surface area contributed by atoms with Crippen LogP contribution in [0.4, 0.5) is 19.0 Å². The number of halogens is 4. The summed E-state index contributed by atoms with van der Waals surface area (Å²) in [6, 6.07) is 5.86. The molecule has 0 unspecified atom stereocenters. The summed E-state index contributed by atoms with van der Waals surface area (Å²) in [5.74, 6) is -0.497. The van der Waals surface area contributed by atoms with Gasteiger partial charge in [0.25, 0.3) is 0 Å². The van der Waals surface area contributed by atoms with E-state index < -0.39 is 17.7 Å². The number of alkyl halides is 3. The number of carboxylic acid groups (broad SMARTS) is 1. The minimum absolute atomic E-state index is 0.0206. The zero-order chi connectivity index (χ0) is 21.6. The van der Waals surface area contributed by atoms with Gasteiger partial charge in [-0.05, 0) is 31.0 Å². The number of benzene rings is 1. The number of hydrogen-bond acceptors (Lipinski definition) is 4. The average molecular weight is 439 g/mol. The molecule has 3 aromatic rings. The van der Waals surface area contributed by atoms with Crippen LogP contribution in [0.25, 0.3) is 10.9 Å². The summed E-state index contributed by atoms with van der Waals surface area (Å²) in [7, 11) is 1.78. The molecule has 1 aliphatic heterocycles. The quantitative estimate of drug-likeness (QED) is 0.640. The Morgan fingerprint density at radius 2 is 1.93 bits per heavy atom. The maximum Gasteiger partial charge on any atom is 0.417 e. The third-order valence-corrected chi connectivity index (χ3v) is 5.74. The zero-order valence-corrected chi connectivity index (χ0v) is 16.7. The maximum absolute atomic E-state index is 12.8. The van der Waals surface area contributed by atoms with Crippen LogP contribution in [0.15, 0.2) is 30.5 Å². The summed E-state index contributed by atoms with van der Waals surface area (Å²) < 4.78 is 40.2. The van der Waals surface area contributed by atoms with Gasteiger partial charge >= 0.3 is 12.1 Å². The highest BCUT2D eigenvalue weighted by atomic mass is 35.5. The normalized spacial score (nSPS) is 15.7. The molecule has 0 radical (unpaired) electrons. The molecule has 2 aromatic heterocycles. The predicted molar refractivity (Wildman–Crippen MR) is 106 cm³/mol. The van der Waals surface area contributed by atoms with Crippen molar-refractivity contribution in [3.8, 4) is 0 Å². The number of carbonyl (C=O) groups is 1. The standard InChI is InChI=1S/C20H18ClF3N4O2/c1-27-16-8-12(19(29)30)2-3-14(16)17(26-27)11-4-6-28(7-5-11)18-15(21)9-13(10-25-18)20(22,23)24/h2-3,8-11H,4-7H2,1H3,(H,29,30). The molecule has 3 heterocycles. The molecule has 1 aliphatic rings. The molecule has 4 rings (SSSR count). The number of nitrogens with zero attached hydrogens (tertiary/aromatic N) is 4. The highest BCUT2D eigenvalue weighted by Crippen LogP contribution is 2.37. The van der Waals surface area contributed by atoms with E-state index in [0.717, 1.165) is 41.7 Å². The van der Waals surface area contributed by atoms with Crippen LogP contribution in [-0.2, 0) is 13.2 Å². The van der Waals surface area contributed by atoms with Crippen molar-refractivity contribution in [2.45, 2.75) is 24.9 Å². The Morgan fingerprint density at radius 1 is 1.23 bits per heavy atom. The lowest BCUT2D eigenvalue weighted by Crippen LogP contribution is -2.34. The molecule has 0 bridgehead atoms. The van der Waals surface area contributed by atoms with Crippen LogP contribution < -0.4 is 4.90 Å². The van der Waals surface area contributed by atoms with E-state index in [1.807, 2.05) is 4.90 Å². The second-order valence-electron chi connectivity index (χ2n) is 7.33. The van der Waals surface area contributed by atoms with Crippen molar-refractivity contribution in [2.75, 3.05) is 18.0 Å². The van der Waals surface area contributed by atoms with Crippen molar-refractivity contribution in [3.63, 3.8) is 0 Å². The topological polar surface area (TPSA) is 71.2 Å². The third-order valence-electron chi connectivity index (χ3n) is 5.46. The molecule has 1 fully saturated rings. The molecule has 30 heavy (non-hydrogen) atoms. The number of fused-ring (bicyclic) bond motifs is 1. The highest BCUT2D eigenvalue weighted by molar-refractivity contribution is 6.33. The fourth-order valence-corrected chi connectivity index (χ4v) is 4.19. The van der Waals surface area contributed by atoms with Crippen molar-refractivity contribution >= 4 is 34.3 Å². The number of carboxylic acids is 1. The second kappa shape index (κ2) is 7.46. The molecular weight excluding hydrogens is 421 g/mol. The lowest BCUT2D eigenvalue weighted by Gasteiger charge is -2.32.